The summed E-state index contributed by atoms with van der Waals surface area (Å²) in [6.07, 6.45) is 1.47. The summed E-state index contributed by atoms with van der Waals surface area (Å²) >= 11 is 1.36. The van der Waals surface area contributed by atoms with Gasteiger partial charge in [0, 0.05) is 6.20 Å². The van der Waals surface area contributed by atoms with Crippen molar-refractivity contribution in [2.24, 2.45) is 0 Å². The van der Waals surface area contributed by atoms with Gasteiger partial charge in [0.15, 0.2) is 0 Å². The molecule has 1 radical (unpaired) electrons. The zero-order valence-electron chi connectivity index (χ0n) is 5.98. The molecule has 0 bridgehead atoms. The Balaban J connectivity index is 2.82. The van der Waals surface area contributed by atoms with Crippen molar-refractivity contribution in [2.45, 2.75) is 0 Å². The third kappa shape index (κ3) is 0.967. The number of hydrogen-bond acceptors (Lipinski definition) is 3. The van der Waals surface area contributed by atoms with Gasteiger partial charge in [-0.25, -0.2) is 9.90 Å². The summed E-state index contributed by atoms with van der Waals surface area (Å²) < 4.78 is 0.678. The predicted molar refractivity (Wildman–Crippen MR) is 44.6 cm³/mol. The number of carbonyl (C=O) groups excluding carboxylic acids is 1. The SMILES string of the molecule is [O]C(=O)c1ccnc2ccsc12. The molecule has 59 valence electrons. The van der Waals surface area contributed by atoms with Crippen LogP contribution in [0, 0.1) is 0 Å². The number of fused-ring (bicyclic) bond motifs is 1. The average Bonchev–Trinajstić information content (AvgIpc) is 2.49. The number of thiophene rings is 1. The molecule has 0 amide bonds. The summed E-state index contributed by atoms with van der Waals surface area (Å²) in [7, 11) is 0. The molecule has 0 unspecified atom stereocenters. The minimum absolute atomic E-state index is 0.218. The third-order valence-electron chi connectivity index (χ3n) is 1.56. The normalized spacial score (nSPS) is 10.3. The maximum absolute atomic E-state index is 10.6. The van der Waals surface area contributed by atoms with Crippen LogP contribution >= 0.6 is 11.3 Å². The van der Waals surface area contributed by atoms with E-state index in [0.29, 0.717) is 10.2 Å². The van der Waals surface area contributed by atoms with Gasteiger partial charge in [-0.2, -0.15) is 0 Å². The lowest BCUT2D eigenvalue weighted by Crippen LogP contribution is -1.93. The van der Waals surface area contributed by atoms with Crippen LogP contribution in [0.5, 0.6) is 0 Å². The smallest absolute Gasteiger partial charge is 0.255 e. The lowest BCUT2D eigenvalue weighted by Gasteiger charge is -1.91. The second-order valence-electron chi connectivity index (χ2n) is 2.28. The van der Waals surface area contributed by atoms with Gasteiger partial charge in [0.1, 0.15) is 0 Å². The molecule has 2 aromatic heterocycles. The Morgan fingerprint density at radius 2 is 2.25 bits per heavy atom. The minimum Gasteiger partial charge on any atom is -0.255 e. The lowest BCUT2D eigenvalue weighted by molar-refractivity contribution is 0.0575. The number of pyridine rings is 1. The number of aromatic nitrogens is 1. The molecule has 2 heterocycles. The van der Waals surface area contributed by atoms with Gasteiger partial charge >= 0.3 is 5.97 Å². The molecule has 2 rings (SSSR count). The molecule has 3 nitrogen and oxygen atoms in total. The van der Waals surface area contributed by atoms with Gasteiger partial charge in [-0.15, -0.1) is 11.3 Å². The van der Waals surface area contributed by atoms with E-state index in [9.17, 15) is 9.90 Å². The molecule has 0 aliphatic heterocycles. The highest BCUT2D eigenvalue weighted by molar-refractivity contribution is 7.17. The van der Waals surface area contributed by atoms with E-state index in [4.69, 9.17) is 0 Å². The van der Waals surface area contributed by atoms with Crippen molar-refractivity contribution in [2.75, 3.05) is 0 Å². The number of carbonyl (C=O) groups is 1. The highest BCUT2D eigenvalue weighted by Crippen LogP contribution is 2.22. The van der Waals surface area contributed by atoms with Gasteiger partial charge in [0.2, 0.25) is 0 Å². The summed E-state index contributed by atoms with van der Waals surface area (Å²) in [6, 6.07) is 3.24. The lowest BCUT2D eigenvalue weighted by atomic mass is 10.2. The number of rotatable bonds is 1. The second kappa shape index (κ2) is 2.57. The molecule has 2 aromatic rings. The van der Waals surface area contributed by atoms with Crippen LogP contribution in [0.25, 0.3) is 10.2 Å². The fraction of sp³-hybridized carbons (Fsp3) is 0. The van der Waals surface area contributed by atoms with Crippen LogP contribution in [-0.4, -0.2) is 11.0 Å². The van der Waals surface area contributed by atoms with Crippen LogP contribution in [0.4, 0.5) is 0 Å². The maximum atomic E-state index is 10.6. The Hall–Kier alpha value is -1.42. The van der Waals surface area contributed by atoms with Crippen LogP contribution in [0.2, 0.25) is 0 Å². The predicted octanol–water partition coefficient (Wildman–Crippen LogP) is 1.87. The molecule has 0 aromatic carbocycles. The molecule has 0 N–H and O–H groups in total. The Bertz CT molecular complexity index is 435. The van der Waals surface area contributed by atoms with E-state index in [1.165, 1.54) is 23.6 Å². The van der Waals surface area contributed by atoms with Crippen molar-refractivity contribution >= 4 is 27.5 Å². The molecule has 0 aliphatic carbocycles. The van der Waals surface area contributed by atoms with Crippen molar-refractivity contribution in [1.29, 1.82) is 0 Å². The van der Waals surface area contributed by atoms with Crippen LogP contribution in [-0.2, 0) is 5.11 Å². The summed E-state index contributed by atoms with van der Waals surface area (Å²) in [4.78, 5) is 14.6. The molecule has 0 fully saturated rings. The largest absolute Gasteiger partial charge is 0.387 e. The van der Waals surface area contributed by atoms with Crippen LogP contribution in [0.3, 0.4) is 0 Å². The zero-order valence-corrected chi connectivity index (χ0v) is 6.80. The van der Waals surface area contributed by atoms with Gasteiger partial charge < -0.3 is 0 Å². The highest BCUT2D eigenvalue weighted by Gasteiger charge is 2.10. The Kier molecular flexibility index (Phi) is 1.55. The molecular weight excluding hydrogens is 174 g/mol. The van der Waals surface area contributed by atoms with Crippen molar-refractivity contribution in [3.05, 3.63) is 29.3 Å². The van der Waals surface area contributed by atoms with Gasteiger partial charge in [-0.05, 0) is 17.5 Å². The van der Waals surface area contributed by atoms with Crippen LogP contribution < -0.4 is 0 Å². The summed E-state index contributed by atoms with van der Waals surface area (Å²) in [5.41, 5.74) is 0.928. The van der Waals surface area contributed by atoms with E-state index < -0.39 is 5.97 Å². The summed E-state index contributed by atoms with van der Waals surface area (Å²) in [5.74, 6) is -1.15. The monoisotopic (exact) mass is 178 g/mol. The first kappa shape index (κ1) is 7.24. The Labute approximate surface area is 72.3 Å². The highest BCUT2D eigenvalue weighted by atomic mass is 32.1. The van der Waals surface area contributed by atoms with Crippen molar-refractivity contribution < 1.29 is 9.90 Å². The van der Waals surface area contributed by atoms with Crippen molar-refractivity contribution in [1.82, 2.24) is 4.98 Å². The average molecular weight is 178 g/mol. The third-order valence-corrected chi connectivity index (χ3v) is 2.50. The fourth-order valence-corrected chi connectivity index (χ4v) is 1.89. The van der Waals surface area contributed by atoms with Gasteiger partial charge in [-0.3, -0.25) is 4.98 Å². The first-order valence-electron chi connectivity index (χ1n) is 3.32. The van der Waals surface area contributed by atoms with Gasteiger partial charge in [0.05, 0.1) is 15.8 Å². The van der Waals surface area contributed by atoms with E-state index in [1.807, 2.05) is 5.38 Å². The van der Waals surface area contributed by atoms with E-state index >= 15 is 0 Å². The Morgan fingerprint density at radius 1 is 1.42 bits per heavy atom. The molecule has 0 saturated carbocycles. The maximum Gasteiger partial charge on any atom is 0.387 e. The topological polar surface area (TPSA) is 49.9 Å². The van der Waals surface area contributed by atoms with Crippen molar-refractivity contribution in [3.63, 3.8) is 0 Å². The molecule has 0 saturated heterocycles. The van der Waals surface area contributed by atoms with E-state index in [2.05, 4.69) is 4.98 Å². The van der Waals surface area contributed by atoms with Crippen LogP contribution in [0.15, 0.2) is 23.7 Å². The molecule has 12 heavy (non-hydrogen) atoms. The molecule has 0 aliphatic rings. The van der Waals surface area contributed by atoms with Crippen LogP contribution in [0.1, 0.15) is 10.4 Å². The van der Waals surface area contributed by atoms with E-state index in [1.54, 1.807) is 6.07 Å². The quantitative estimate of drug-likeness (QED) is 0.669. The summed E-state index contributed by atoms with van der Waals surface area (Å²) in [5, 5.41) is 12.4. The van der Waals surface area contributed by atoms with E-state index in [-0.39, 0.29) is 5.56 Å². The standard InChI is InChI=1S/C8H4NO2S/c10-8(11)5-1-3-9-6-2-4-12-7(5)6/h1-4H. The van der Waals surface area contributed by atoms with E-state index in [0.717, 1.165) is 0 Å². The molecule has 0 atom stereocenters. The van der Waals surface area contributed by atoms with Gasteiger partial charge in [0.25, 0.3) is 0 Å². The minimum atomic E-state index is -1.15. The van der Waals surface area contributed by atoms with Gasteiger partial charge in [-0.1, -0.05) is 0 Å². The zero-order chi connectivity index (χ0) is 8.55. The number of nitrogens with zero attached hydrogens (tertiary/aromatic N) is 1. The fourth-order valence-electron chi connectivity index (χ4n) is 1.03. The second-order valence-corrected chi connectivity index (χ2v) is 3.20. The molecule has 4 heteroatoms. The Morgan fingerprint density at radius 3 is 3.00 bits per heavy atom. The summed E-state index contributed by atoms with van der Waals surface area (Å²) in [6.45, 7) is 0. The molecule has 0 spiro atoms. The molecular formula is C8H4NO2S. The number of hydrogen-bond donors (Lipinski definition) is 0. The first-order valence-corrected chi connectivity index (χ1v) is 4.20. The first-order chi connectivity index (χ1) is 5.79. The van der Waals surface area contributed by atoms with Crippen molar-refractivity contribution in [3.8, 4) is 0 Å².